The number of rotatable bonds is 4. The lowest BCUT2D eigenvalue weighted by Gasteiger charge is -2.35. The topological polar surface area (TPSA) is 38.5 Å². The van der Waals surface area contributed by atoms with Gasteiger partial charge in [-0.05, 0) is 63.0 Å². The van der Waals surface area contributed by atoms with Gasteiger partial charge < -0.3 is 15.4 Å². The molecule has 1 fully saturated rings. The summed E-state index contributed by atoms with van der Waals surface area (Å²) in [5.41, 5.74) is 8.61. The summed E-state index contributed by atoms with van der Waals surface area (Å²) < 4.78 is 5.34. The summed E-state index contributed by atoms with van der Waals surface area (Å²) in [6, 6.07) is 6.49. The fourth-order valence-electron chi connectivity index (χ4n) is 3.27. The Kier molecular flexibility index (Phi) is 4.83. The van der Waals surface area contributed by atoms with Crippen LogP contribution in [0.4, 0.5) is 0 Å². The lowest BCUT2D eigenvalue weighted by Crippen LogP contribution is -2.37. The molecule has 0 saturated carbocycles. The van der Waals surface area contributed by atoms with Gasteiger partial charge in [-0.3, -0.25) is 0 Å². The Labute approximate surface area is 116 Å². The molecule has 0 aliphatic carbocycles. The zero-order valence-electron chi connectivity index (χ0n) is 12.4. The molecule has 1 aliphatic rings. The van der Waals surface area contributed by atoms with Crippen LogP contribution in [0.2, 0.25) is 0 Å². The molecule has 19 heavy (non-hydrogen) atoms. The third-order valence-electron chi connectivity index (χ3n) is 4.33. The highest BCUT2D eigenvalue weighted by Crippen LogP contribution is 2.32. The first-order valence-corrected chi connectivity index (χ1v) is 7.19. The van der Waals surface area contributed by atoms with Crippen LogP contribution >= 0.6 is 0 Å². The van der Waals surface area contributed by atoms with E-state index in [1.807, 2.05) is 0 Å². The van der Waals surface area contributed by atoms with Crippen molar-refractivity contribution in [2.24, 2.45) is 11.7 Å². The summed E-state index contributed by atoms with van der Waals surface area (Å²) >= 11 is 0. The zero-order valence-corrected chi connectivity index (χ0v) is 12.4. The van der Waals surface area contributed by atoms with E-state index in [2.05, 4.69) is 37.1 Å². The third-order valence-corrected chi connectivity index (χ3v) is 4.33. The number of benzene rings is 1. The van der Waals surface area contributed by atoms with Crippen LogP contribution in [0.3, 0.4) is 0 Å². The second kappa shape index (κ2) is 6.40. The minimum Gasteiger partial charge on any atom is -0.496 e. The van der Waals surface area contributed by atoms with Gasteiger partial charge in [0, 0.05) is 12.5 Å². The van der Waals surface area contributed by atoms with Gasteiger partial charge in [0.2, 0.25) is 0 Å². The van der Waals surface area contributed by atoms with Gasteiger partial charge in [-0.2, -0.15) is 0 Å². The van der Waals surface area contributed by atoms with E-state index >= 15 is 0 Å². The van der Waals surface area contributed by atoms with E-state index in [0.29, 0.717) is 11.8 Å². The number of aryl methyl sites for hydroxylation is 1. The molecule has 2 atom stereocenters. The fourth-order valence-corrected chi connectivity index (χ4v) is 3.27. The third kappa shape index (κ3) is 3.28. The lowest BCUT2D eigenvalue weighted by atomic mass is 9.80. The van der Waals surface area contributed by atoms with Crippen molar-refractivity contribution in [1.82, 2.24) is 4.90 Å². The van der Waals surface area contributed by atoms with Gasteiger partial charge in [0.1, 0.15) is 5.75 Å². The van der Waals surface area contributed by atoms with Crippen molar-refractivity contribution in [2.75, 3.05) is 33.8 Å². The molecule has 0 spiro atoms. The lowest BCUT2D eigenvalue weighted by molar-refractivity contribution is 0.188. The standard InChI is InChI=1S/C16H26N2O/c1-12-9-13(6-7-16(12)19-3)15(10-17)14-5-4-8-18(2)11-14/h6-7,9,14-15H,4-5,8,10-11,17H2,1-3H3. The Balaban J connectivity index is 2.19. The average molecular weight is 262 g/mol. The van der Waals surface area contributed by atoms with Crippen LogP contribution in [0.15, 0.2) is 18.2 Å². The second-order valence-corrected chi connectivity index (χ2v) is 5.74. The summed E-state index contributed by atoms with van der Waals surface area (Å²) in [7, 11) is 3.93. The maximum absolute atomic E-state index is 6.05. The molecule has 0 aromatic heterocycles. The van der Waals surface area contributed by atoms with Crippen molar-refractivity contribution in [2.45, 2.75) is 25.7 Å². The molecule has 0 radical (unpaired) electrons. The molecular formula is C16H26N2O. The molecule has 0 bridgehead atoms. The Hall–Kier alpha value is -1.06. The molecule has 106 valence electrons. The number of methoxy groups -OCH3 is 1. The van der Waals surface area contributed by atoms with Gasteiger partial charge in [0.15, 0.2) is 0 Å². The van der Waals surface area contributed by atoms with Crippen LogP contribution in [-0.2, 0) is 0 Å². The molecule has 3 nitrogen and oxygen atoms in total. The number of hydrogen-bond donors (Lipinski definition) is 1. The molecule has 1 aromatic rings. The Bertz CT molecular complexity index is 419. The molecule has 1 saturated heterocycles. The predicted octanol–water partition coefficient (Wildman–Crippen LogP) is 2.39. The SMILES string of the molecule is COc1ccc(C(CN)C2CCCN(C)C2)cc1C. The van der Waals surface area contributed by atoms with Crippen molar-refractivity contribution in [3.8, 4) is 5.75 Å². The van der Waals surface area contributed by atoms with Gasteiger partial charge in [0.25, 0.3) is 0 Å². The summed E-state index contributed by atoms with van der Waals surface area (Å²) in [4.78, 5) is 2.42. The number of likely N-dealkylation sites (tertiary alicyclic amines) is 1. The smallest absolute Gasteiger partial charge is 0.121 e. The minimum absolute atomic E-state index is 0.465. The summed E-state index contributed by atoms with van der Waals surface area (Å²) in [6.07, 6.45) is 2.57. The number of hydrogen-bond acceptors (Lipinski definition) is 3. The largest absolute Gasteiger partial charge is 0.496 e. The van der Waals surface area contributed by atoms with Crippen molar-refractivity contribution < 1.29 is 4.74 Å². The molecular weight excluding hydrogens is 236 g/mol. The van der Waals surface area contributed by atoms with Crippen LogP contribution in [0.5, 0.6) is 5.75 Å². The second-order valence-electron chi connectivity index (χ2n) is 5.74. The van der Waals surface area contributed by atoms with Crippen LogP contribution in [0.25, 0.3) is 0 Å². The maximum atomic E-state index is 6.05. The molecule has 1 aromatic carbocycles. The molecule has 0 amide bonds. The van der Waals surface area contributed by atoms with Gasteiger partial charge >= 0.3 is 0 Å². The van der Waals surface area contributed by atoms with E-state index in [4.69, 9.17) is 10.5 Å². The quantitative estimate of drug-likeness (QED) is 0.905. The Morgan fingerprint density at radius 2 is 2.26 bits per heavy atom. The van der Waals surface area contributed by atoms with E-state index < -0.39 is 0 Å². The number of nitrogens with zero attached hydrogens (tertiary/aromatic N) is 1. The highest BCUT2D eigenvalue weighted by atomic mass is 16.5. The van der Waals surface area contributed by atoms with Crippen LogP contribution in [-0.4, -0.2) is 38.7 Å². The first kappa shape index (κ1) is 14.4. The first-order chi connectivity index (χ1) is 9.15. The highest BCUT2D eigenvalue weighted by Gasteiger charge is 2.26. The minimum atomic E-state index is 0.465. The van der Waals surface area contributed by atoms with Gasteiger partial charge in [-0.1, -0.05) is 12.1 Å². The van der Waals surface area contributed by atoms with Gasteiger partial charge in [-0.15, -0.1) is 0 Å². The highest BCUT2D eigenvalue weighted by molar-refractivity contribution is 5.38. The fraction of sp³-hybridized carbons (Fsp3) is 0.625. The van der Waals surface area contributed by atoms with E-state index in [9.17, 15) is 0 Å². The number of nitrogens with two attached hydrogens (primary N) is 1. The first-order valence-electron chi connectivity index (χ1n) is 7.19. The van der Waals surface area contributed by atoms with E-state index in [0.717, 1.165) is 18.8 Å². The van der Waals surface area contributed by atoms with Crippen molar-refractivity contribution in [3.63, 3.8) is 0 Å². The van der Waals surface area contributed by atoms with Crippen LogP contribution < -0.4 is 10.5 Å². The van der Waals surface area contributed by atoms with Crippen molar-refractivity contribution >= 4 is 0 Å². The average Bonchev–Trinajstić information content (AvgIpc) is 2.40. The molecule has 2 unspecified atom stereocenters. The van der Waals surface area contributed by atoms with Crippen molar-refractivity contribution in [1.29, 1.82) is 0 Å². The maximum Gasteiger partial charge on any atom is 0.121 e. The van der Waals surface area contributed by atoms with E-state index in [-0.39, 0.29) is 0 Å². The molecule has 2 N–H and O–H groups in total. The number of ether oxygens (including phenoxy) is 1. The molecule has 2 rings (SSSR count). The van der Waals surface area contributed by atoms with Crippen molar-refractivity contribution in [3.05, 3.63) is 29.3 Å². The van der Waals surface area contributed by atoms with E-state index in [1.165, 1.54) is 30.5 Å². The Morgan fingerprint density at radius 3 is 2.84 bits per heavy atom. The van der Waals surface area contributed by atoms with Gasteiger partial charge in [0.05, 0.1) is 7.11 Å². The van der Waals surface area contributed by atoms with E-state index in [1.54, 1.807) is 7.11 Å². The van der Waals surface area contributed by atoms with Gasteiger partial charge in [-0.25, -0.2) is 0 Å². The molecule has 1 heterocycles. The summed E-state index contributed by atoms with van der Waals surface area (Å²) in [5.74, 6) is 2.10. The molecule has 1 aliphatic heterocycles. The van der Waals surface area contributed by atoms with Crippen LogP contribution in [0.1, 0.15) is 29.9 Å². The predicted molar refractivity (Wildman–Crippen MR) is 79.7 cm³/mol. The zero-order chi connectivity index (χ0) is 13.8. The van der Waals surface area contributed by atoms with Crippen LogP contribution in [0, 0.1) is 12.8 Å². The monoisotopic (exact) mass is 262 g/mol. The molecule has 3 heteroatoms. The summed E-state index contributed by atoms with van der Waals surface area (Å²) in [6.45, 7) is 5.20. The summed E-state index contributed by atoms with van der Waals surface area (Å²) in [5, 5.41) is 0. The normalized spacial score (nSPS) is 22.2. The Morgan fingerprint density at radius 1 is 1.47 bits per heavy atom. The number of piperidine rings is 1.